The highest BCUT2D eigenvalue weighted by Crippen LogP contribution is 2.35. The Morgan fingerprint density at radius 2 is 1.93 bits per heavy atom. The summed E-state index contributed by atoms with van der Waals surface area (Å²) in [5.74, 6) is 0.644. The lowest BCUT2D eigenvalue weighted by Crippen LogP contribution is -2.31. The second-order valence-electron chi connectivity index (χ2n) is 7.14. The quantitative estimate of drug-likeness (QED) is 0.656. The van der Waals surface area contributed by atoms with Gasteiger partial charge in [-0.1, -0.05) is 6.07 Å². The topological polar surface area (TPSA) is 102 Å². The highest BCUT2D eigenvalue weighted by molar-refractivity contribution is 5.95. The van der Waals surface area contributed by atoms with E-state index < -0.39 is 11.9 Å². The van der Waals surface area contributed by atoms with Crippen molar-refractivity contribution in [2.24, 2.45) is 5.73 Å². The van der Waals surface area contributed by atoms with Crippen molar-refractivity contribution in [2.45, 2.75) is 26.8 Å². The monoisotopic (exact) mass is 403 g/mol. The normalized spacial score (nSPS) is 15.5. The summed E-state index contributed by atoms with van der Waals surface area (Å²) >= 11 is 0. The Bertz CT molecular complexity index is 1080. The molecular weight excluding hydrogens is 378 g/mol. The number of amides is 1. The fourth-order valence-corrected chi connectivity index (χ4v) is 3.85. The molecular formula is C22H25N7O. The van der Waals surface area contributed by atoms with Gasteiger partial charge < -0.3 is 16.0 Å². The smallest absolute Gasteiger partial charge is 0.248 e. The lowest BCUT2D eigenvalue weighted by Gasteiger charge is -2.27. The molecule has 2 aromatic heterocycles. The van der Waals surface area contributed by atoms with Crippen LogP contribution in [0.2, 0.25) is 0 Å². The molecule has 0 saturated carbocycles. The van der Waals surface area contributed by atoms with Gasteiger partial charge in [-0.3, -0.25) is 9.78 Å². The molecule has 0 saturated heterocycles. The zero-order chi connectivity index (χ0) is 21.3. The minimum atomic E-state index is -0.500. The van der Waals surface area contributed by atoms with Crippen LogP contribution in [0, 0.1) is 0 Å². The summed E-state index contributed by atoms with van der Waals surface area (Å²) in [4.78, 5) is 23.4. The molecule has 1 amide bonds. The summed E-state index contributed by atoms with van der Waals surface area (Å²) in [5, 5.41) is 7.89. The summed E-state index contributed by atoms with van der Waals surface area (Å²) < 4.78 is 1.71. The minimum Gasteiger partial charge on any atom is -0.372 e. The molecule has 8 heteroatoms. The van der Waals surface area contributed by atoms with Gasteiger partial charge in [-0.15, -0.1) is 5.10 Å². The van der Waals surface area contributed by atoms with Gasteiger partial charge in [0.1, 0.15) is 6.04 Å². The van der Waals surface area contributed by atoms with E-state index in [4.69, 9.17) is 10.8 Å². The number of carbonyl (C=O) groups is 1. The van der Waals surface area contributed by atoms with Gasteiger partial charge in [0.15, 0.2) is 5.82 Å². The van der Waals surface area contributed by atoms with E-state index in [9.17, 15) is 4.79 Å². The van der Waals surface area contributed by atoms with E-state index in [1.165, 1.54) is 0 Å². The van der Waals surface area contributed by atoms with E-state index in [2.05, 4.69) is 46.2 Å². The molecule has 8 nitrogen and oxygen atoms in total. The molecule has 1 unspecified atom stereocenters. The number of primary amides is 1. The maximum atomic E-state index is 12.2. The number of pyridine rings is 1. The molecule has 0 bridgehead atoms. The van der Waals surface area contributed by atoms with Crippen LogP contribution in [0.3, 0.4) is 0 Å². The van der Waals surface area contributed by atoms with Gasteiger partial charge in [-0.25, -0.2) is 4.68 Å². The molecule has 1 aliphatic rings. The van der Waals surface area contributed by atoms with Crippen molar-refractivity contribution in [3.05, 3.63) is 65.6 Å². The highest BCUT2D eigenvalue weighted by atomic mass is 16.1. The van der Waals surface area contributed by atoms with Crippen LogP contribution >= 0.6 is 0 Å². The summed E-state index contributed by atoms with van der Waals surface area (Å²) in [6.07, 6.45) is 3.41. The Kier molecular flexibility index (Phi) is 5.22. The second-order valence-corrected chi connectivity index (χ2v) is 7.14. The van der Waals surface area contributed by atoms with Crippen LogP contribution in [0.5, 0.6) is 0 Å². The van der Waals surface area contributed by atoms with Crippen molar-refractivity contribution in [2.75, 3.05) is 23.3 Å². The Hall–Kier alpha value is -3.68. The largest absolute Gasteiger partial charge is 0.372 e. The Morgan fingerprint density at radius 3 is 2.53 bits per heavy atom. The number of carbonyl (C=O) groups excluding carboxylic acids is 1. The fourth-order valence-electron chi connectivity index (χ4n) is 3.85. The number of aromatic nitrogens is 4. The van der Waals surface area contributed by atoms with Crippen LogP contribution in [-0.4, -0.2) is 38.7 Å². The zero-order valence-corrected chi connectivity index (χ0v) is 17.3. The van der Waals surface area contributed by atoms with Crippen molar-refractivity contribution in [3.8, 4) is 11.4 Å². The van der Waals surface area contributed by atoms with Crippen molar-refractivity contribution < 1.29 is 4.79 Å². The minimum absolute atomic E-state index is 0.448. The zero-order valence-electron chi connectivity index (χ0n) is 17.3. The van der Waals surface area contributed by atoms with Gasteiger partial charge in [0.05, 0.1) is 5.57 Å². The maximum absolute atomic E-state index is 12.2. The van der Waals surface area contributed by atoms with Crippen LogP contribution in [0.4, 0.5) is 11.6 Å². The van der Waals surface area contributed by atoms with Crippen molar-refractivity contribution in [1.29, 1.82) is 0 Å². The van der Waals surface area contributed by atoms with Gasteiger partial charge in [-0.2, -0.15) is 4.98 Å². The predicted molar refractivity (Wildman–Crippen MR) is 117 cm³/mol. The fraction of sp³-hybridized carbons (Fsp3) is 0.273. The molecule has 3 N–H and O–H groups in total. The average Bonchev–Trinajstić information content (AvgIpc) is 3.18. The van der Waals surface area contributed by atoms with E-state index in [1.807, 2.05) is 31.2 Å². The molecule has 3 heterocycles. The van der Waals surface area contributed by atoms with E-state index in [0.717, 1.165) is 29.9 Å². The number of hydrogen-bond acceptors (Lipinski definition) is 6. The first-order valence-electron chi connectivity index (χ1n) is 10.0. The first kappa shape index (κ1) is 19.6. The molecule has 0 fully saturated rings. The van der Waals surface area contributed by atoms with E-state index in [0.29, 0.717) is 23.0 Å². The van der Waals surface area contributed by atoms with Crippen molar-refractivity contribution >= 4 is 17.5 Å². The molecule has 1 aromatic carbocycles. The number of fused-ring (bicyclic) bond motifs is 1. The second kappa shape index (κ2) is 7.98. The summed E-state index contributed by atoms with van der Waals surface area (Å²) in [6, 6.07) is 11.4. The average molecular weight is 403 g/mol. The molecule has 1 aliphatic heterocycles. The summed E-state index contributed by atoms with van der Waals surface area (Å²) in [6.45, 7) is 7.99. The standard InChI is InChI=1S/C22H25N7O/c1-4-28(5-2)17-10-8-15(9-11-17)21-26-22-25-14(3)18(20(23)30)19(29(22)27-21)16-7-6-12-24-13-16/h6-13,19H,4-5H2,1-3H3,(H2,23,30)(H,25,26,27). The third-order valence-electron chi connectivity index (χ3n) is 5.37. The molecule has 1 atom stereocenters. The number of benzene rings is 1. The first-order chi connectivity index (χ1) is 14.5. The van der Waals surface area contributed by atoms with Crippen LogP contribution in [-0.2, 0) is 4.79 Å². The van der Waals surface area contributed by atoms with Crippen LogP contribution in [0.1, 0.15) is 32.4 Å². The number of nitrogens with zero attached hydrogens (tertiary/aromatic N) is 5. The molecule has 0 spiro atoms. The highest BCUT2D eigenvalue weighted by Gasteiger charge is 2.33. The van der Waals surface area contributed by atoms with E-state index >= 15 is 0 Å². The Labute approximate surface area is 175 Å². The van der Waals surface area contributed by atoms with Gasteiger partial charge in [0.2, 0.25) is 11.9 Å². The van der Waals surface area contributed by atoms with Crippen molar-refractivity contribution in [3.63, 3.8) is 0 Å². The lowest BCUT2D eigenvalue weighted by atomic mass is 9.97. The predicted octanol–water partition coefficient (Wildman–Crippen LogP) is 2.96. The number of rotatable bonds is 6. The SMILES string of the molecule is CCN(CC)c1ccc(-c2nc3n(n2)C(c2cccnc2)C(C(N)=O)=C(C)N3)cc1. The number of anilines is 2. The number of allylic oxidation sites excluding steroid dienone is 1. The third-order valence-corrected chi connectivity index (χ3v) is 5.37. The van der Waals surface area contributed by atoms with Gasteiger partial charge in [-0.05, 0) is 56.7 Å². The molecule has 3 aromatic rings. The van der Waals surface area contributed by atoms with Crippen LogP contribution in [0.25, 0.3) is 11.4 Å². The molecule has 0 radical (unpaired) electrons. The number of hydrogen-bond donors (Lipinski definition) is 2. The molecule has 154 valence electrons. The Balaban J connectivity index is 1.76. The van der Waals surface area contributed by atoms with E-state index in [-0.39, 0.29) is 0 Å². The number of nitrogens with one attached hydrogen (secondary N) is 1. The third kappa shape index (κ3) is 3.41. The van der Waals surface area contributed by atoms with Gasteiger partial charge in [0, 0.05) is 42.4 Å². The number of nitrogens with two attached hydrogens (primary N) is 1. The molecule has 0 aliphatic carbocycles. The van der Waals surface area contributed by atoms with Gasteiger partial charge in [0.25, 0.3) is 0 Å². The summed E-state index contributed by atoms with van der Waals surface area (Å²) in [5.41, 5.74) is 9.70. The maximum Gasteiger partial charge on any atom is 0.248 e. The molecule has 4 rings (SSSR count). The van der Waals surface area contributed by atoms with Gasteiger partial charge >= 0.3 is 0 Å². The van der Waals surface area contributed by atoms with Crippen LogP contribution < -0.4 is 16.0 Å². The van der Waals surface area contributed by atoms with Crippen LogP contribution in [0.15, 0.2) is 60.1 Å². The van der Waals surface area contributed by atoms with Crippen molar-refractivity contribution in [1.82, 2.24) is 19.7 Å². The Morgan fingerprint density at radius 1 is 1.20 bits per heavy atom. The van der Waals surface area contributed by atoms with E-state index in [1.54, 1.807) is 17.1 Å². The summed E-state index contributed by atoms with van der Waals surface area (Å²) in [7, 11) is 0. The molecule has 30 heavy (non-hydrogen) atoms. The first-order valence-corrected chi connectivity index (χ1v) is 10.0. The lowest BCUT2D eigenvalue weighted by molar-refractivity contribution is -0.115.